The van der Waals surface area contributed by atoms with Gasteiger partial charge in [0.1, 0.15) is 65.3 Å². The third-order valence-corrected chi connectivity index (χ3v) is 11.5. The molecule has 2 aliphatic rings. The van der Waals surface area contributed by atoms with Crippen LogP contribution in [0.15, 0.2) is 18.0 Å². The number of hydrogen-bond donors (Lipinski definition) is 8. The summed E-state index contributed by atoms with van der Waals surface area (Å²) in [5.41, 5.74) is 11.2. The number of nitrogen functional groups attached to an aromatic ring is 1. The lowest BCUT2D eigenvalue weighted by atomic mass is 10.1. The molecule has 43 heavy (non-hydrogen) atoms. The molecule has 0 bridgehead atoms. The van der Waals surface area contributed by atoms with Gasteiger partial charge in [-0.3, -0.25) is 18.5 Å². The Kier molecular flexibility index (Phi) is 9.00. The number of hydrogen-bond acceptors (Lipinski definition) is 17. The van der Waals surface area contributed by atoms with Gasteiger partial charge in [0.05, 0.1) is 19.5 Å². The summed E-state index contributed by atoms with van der Waals surface area (Å²) in [7, 11) is -9.73. The van der Waals surface area contributed by atoms with E-state index in [0.717, 1.165) is 17.7 Å². The molecule has 0 saturated carbocycles. The van der Waals surface area contributed by atoms with Crippen molar-refractivity contribution in [3.8, 4) is 0 Å². The predicted molar refractivity (Wildman–Crippen MR) is 142 cm³/mol. The van der Waals surface area contributed by atoms with Crippen molar-refractivity contribution in [2.24, 2.45) is 5.73 Å². The summed E-state index contributed by atoms with van der Waals surface area (Å²) in [5, 5.41) is 43.0. The molecule has 5 heterocycles. The van der Waals surface area contributed by atoms with Crippen LogP contribution in [0.4, 0.5) is 5.82 Å². The SMILES string of the molecule is NC(=O)c1csc([C@@H]2O[C@H](COP(=O)(O)CP(=O)(O)OC[C@@H]3O[C@H](n4cnc5c(N)ncnc54)[C@H](O)[C@@H]3O)[C@H](O)[C@H]2O)n1. The second-order valence-electron chi connectivity index (χ2n) is 9.65. The summed E-state index contributed by atoms with van der Waals surface area (Å²) in [6, 6.07) is 0. The number of amides is 1. The van der Waals surface area contributed by atoms with E-state index in [4.69, 9.17) is 30.0 Å². The summed E-state index contributed by atoms with van der Waals surface area (Å²) in [6.07, 6.45) is -9.01. The van der Waals surface area contributed by atoms with Crippen LogP contribution in [0, 0.1) is 0 Å². The van der Waals surface area contributed by atoms with Crippen molar-refractivity contribution in [2.75, 3.05) is 24.9 Å². The van der Waals surface area contributed by atoms with Crippen molar-refractivity contribution >= 4 is 49.4 Å². The molecule has 20 nitrogen and oxygen atoms in total. The number of imidazole rings is 1. The minimum absolute atomic E-state index is 0.0665. The molecule has 2 unspecified atom stereocenters. The van der Waals surface area contributed by atoms with Gasteiger partial charge in [-0.25, -0.2) is 19.9 Å². The van der Waals surface area contributed by atoms with E-state index in [1.165, 1.54) is 16.3 Å². The highest BCUT2D eigenvalue weighted by atomic mass is 32.1. The van der Waals surface area contributed by atoms with E-state index in [9.17, 15) is 44.1 Å². The molecule has 0 spiro atoms. The van der Waals surface area contributed by atoms with Crippen LogP contribution in [0.5, 0.6) is 0 Å². The molecule has 23 heteroatoms. The Bertz CT molecular complexity index is 1590. The molecule has 236 valence electrons. The molecule has 0 aromatic carbocycles. The number of carbonyl (C=O) groups excluding carboxylic acids is 1. The van der Waals surface area contributed by atoms with Gasteiger partial charge in [-0.05, 0) is 0 Å². The van der Waals surface area contributed by atoms with E-state index >= 15 is 0 Å². The second kappa shape index (κ2) is 12.1. The first-order chi connectivity index (χ1) is 20.2. The molecule has 10 N–H and O–H groups in total. The quantitative estimate of drug-likeness (QED) is 0.101. The average Bonchev–Trinajstić information content (AvgIpc) is 3.70. The van der Waals surface area contributed by atoms with Gasteiger partial charge in [-0.15, -0.1) is 11.3 Å². The van der Waals surface area contributed by atoms with Gasteiger partial charge in [0.2, 0.25) is 0 Å². The Labute approximate surface area is 244 Å². The number of anilines is 1. The van der Waals surface area contributed by atoms with Gasteiger partial charge in [0.15, 0.2) is 23.6 Å². The third kappa shape index (κ3) is 6.64. The van der Waals surface area contributed by atoms with Crippen LogP contribution in [0.25, 0.3) is 11.2 Å². The van der Waals surface area contributed by atoms with Gasteiger partial charge in [0, 0.05) is 5.38 Å². The first kappa shape index (κ1) is 31.9. The van der Waals surface area contributed by atoms with E-state index in [1.807, 2.05) is 0 Å². The molecular formula is C20H27N7O13P2S. The summed E-state index contributed by atoms with van der Waals surface area (Å²) >= 11 is 0.932. The molecule has 0 radical (unpaired) electrons. The highest BCUT2D eigenvalue weighted by molar-refractivity contribution is 7.70. The van der Waals surface area contributed by atoms with E-state index in [1.54, 1.807) is 0 Å². The lowest BCUT2D eigenvalue weighted by molar-refractivity contribution is -0.0484. The molecular weight excluding hydrogens is 640 g/mol. The normalized spacial score (nSPS) is 32.1. The molecule has 3 aromatic heterocycles. The van der Waals surface area contributed by atoms with Crippen LogP contribution in [-0.2, 0) is 27.7 Å². The maximum atomic E-state index is 12.6. The summed E-state index contributed by atoms with van der Waals surface area (Å²) in [4.78, 5) is 47.5. The molecule has 3 aromatic rings. The number of fused-ring (bicyclic) bond motifs is 1. The van der Waals surface area contributed by atoms with Crippen LogP contribution in [-0.4, -0.2) is 116 Å². The molecule has 2 saturated heterocycles. The maximum Gasteiger partial charge on any atom is 0.340 e. The standard InChI is InChI=1S/C20H27N7O13P2S/c21-16-10-18(24-4-23-16)27(5-25-10)20-14(31)12(29)9(40-20)2-38-42(35,36)6-41(33,34)37-1-8-11(28)13(30)15(39-8)19-26-7(3-43-19)17(22)32/h3-5,8-9,11-15,20,28-31H,1-2,6H2,(H2,22,32)(H,33,34)(H,35,36)(H2,21,23,24)/t8-,9+,11+,12-,13-,14-,15-,20+/m1/s1. The Morgan fingerprint density at radius 3 is 2.23 bits per heavy atom. The zero-order valence-corrected chi connectivity index (χ0v) is 24.3. The van der Waals surface area contributed by atoms with Crippen molar-refractivity contribution in [2.45, 2.75) is 49.0 Å². The lowest BCUT2D eigenvalue weighted by Gasteiger charge is -2.21. The highest BCUT2D eigenvalue weighted by Gasteiger charge is 2.48. The molecule has 2 aliphatic heterocycles. The Balaban J connectivity index is 1.15. The summed E-state index contributed by atoms with van der Waals surface area (Å²) in [6.45, 7) is -1.55. The monoisotopic (exact) mass is 667 g/mol. The zero-order valence-electron chi connectivity index (χ0n) is 21.7. The fourth-order valence-corrected chi connectivity index (χ4v) is 8.56. The van der Waals surface area contributed by atoms with Gasteiger partial charge in [-0.2, -0.15) is 0 Å². The number of aliphatic hydroxyl groups excluding tert-OH is 4. The Morgan fingerprint density at radius 1 is 0.977 bits per heavy atom. The maximum absolute atomic E-state index is 12.6. The van der Waals surface area contributed by atoms with Gasteiger partial charge in [-0.1, -0.05) is 0 Å². The average molecular weight is 667 g/mol. The van der Waals surface area contributed by atoms with Crippen LogP contribution in [0.3, 0.4) is 0 Å². The van der Waals surface area contributed by atoms with Crippen LogP contribution >= 0.6 is 26.5 Å². The first-order valence-corrected chi connectivity index (χ1v) is 16.7. The molecule has 0 aliphatic carbocycles. The minimum atomic E-state index is -4.87. The van der Waals surface area contributed by atoms with Crippen molar-refractivity contribution in [1.29, 1.82) is 0 Å². The van der Waals surface area contributed by atoms with Crippen LogP contribution in [0.1, 0.15) is 27.8 Å². The van der Waals surface area contributed by atoms with Crippen molar-refractivity contribution < 1.29 is 62.7 Å². The number of ether oxygens (including phenoxy) is 2. The van der Waals surface area contributed by atoms with E-state index in [0.29, 0.717) is 0 Å². The number of primary amides is 1. The number of rotatable bonds is 11. The van der Waals surface area contributed by atoms with Gasteiger partial charge < -0.3 is 60.2 Å². The van der Waals surface area contributed by atoms with Crippen LogP contribution < -0.4 is 11.5 Å². The van der Waals surface area contributed by atoms with Crippen molar-refractivity contribution in [1.82, 2.24) is 24.5 Å². The Morgan fingerprint density at radius 2 is 1.60 bits per heavy atom. The summed E-state index contributed by atoms with van der Waals surface area (Å²) < 4.78 is 47.4. The summed E-state index contributed by atoms with van der Waals surface area (Å²) in [5.74, 6) is -2.14. The molecule has 2 fully saturated rings. The number of aromatic nitrogens is 5. The number of thiazole rings is 1. The molecule has 5 rings (SSSR count). The number of aliphatic hydroxyl groups is 4. The van der Waals surface area contributed by atoms with E-state index < -0.39 is 89.2 Å². The fourth-order valence-electron chi connectivity index (χ4n) is 4.46. The second-order valence-corrected chi connectivity index (χ2v) is 14.7. The topological polar surface area (TPSA) is 318 Å². The van der Waals surface area contributed by atoms with Crippen LogP contribution in [0.2, 0.25) is 0 Å². The first-order valence-electron chi connectivity index (χ1n) is 12.3. The number of carbonyl (C=O) groups is 1. The Hall–Kier alpha value is -2.49. The predicted octanol–water partition coefficient (Wildman–Crippen LogP) is -2.19. The number of nitrogens with two attached hydrogens (primary N) is 2. The zero-order chi connectivity index (χ0) is 31.3. The third-order valence-electron chi connectivity index (χ3n) is 6.62. The smallest absolute Gasteiger partial charge is 0.340 e. The van der Waals surface area contributed by atoms with Crippen molar-refractivity contribution in [3.63, 3.8) is 0 Å². The van der Waals surface area contributed by atoms with E-state index in [2.05, 4.69) is 19.9 Å². The highest BCUT2D eigenvalue weighted by Crippen LogP contribution is 2.58. The van der Waals surface area contributed by atoms with E-state index in [-0.39, 0.29) is 27.7 Å². The van der Waals surface area contributed by atoms with Gasteiger partial charge >= 0.3 is 15.2 Å². The van der Waals surface area contributed by atoms with Gasteiger partial charge in [0.25, 0.3) is 5.91 Å². The minimum Gasteiger partial charge on any atom is -0.387 e. The fraction of sp³-hybridized carbons (Fsp3) is 0.550. The largest absolute Gasteiger partial charge is 0.387 e. The van der Waals surface area contributed by atoms with Crippen molar-refractivity contribution in [3.05, 3.63) is 28.7 Å². The molecule has 10 atom stereocenters. The number of nitrogens with zero attached hydrogens (tertiary/aromatic N) is 5. The lowest BCUT2D eigenvalue weighted by Crippen LogP contribution is -2.33. The molecule has 1 amide bonds.